The molecule has 0 aliphatic rings. The number of hydrogen-bond acceptors (Lipinski definition) is 6. The summed E-state index contributed by atoms with van der Waals surface area (Å²) in [6.07, 6.45) is 0.350. The van der Waals surface area contributed by atoms with E-state index in [1.165, 1.54) is 34.2 Å². The predicted octanol–water partition coefficient (Wildman–Crippen LogP) is 7.61. The number of imidazole rings is 1. The van der Waals surface area contributed by atoms with Crippen LogP contribution in [0.25, 0.3) is 33.8 Å². The van der Waals surface area contributed by atoms with Crippen molar-refractivity contribution in [3.05, 3.63) is 89.3 Å². The molecule has 2 heterocycles. The average Bonchev–Trinajstić information content (AvgIpc) is 3.57. The largest absolute Gasteiger partial charge is 0.497 e. The fourth-order valence-electron chi connectivity index (χ4n) is 3.92. The van der Waals surface area contributed by atoms with Crippen molar-refractivity contribution in [2.45, 2.75) is 25.4 Å². The summed E-state index contributed by atoms with van der Waals surface area (Å²) in [4.78, 5) is 25.5. The number of aryl methyl sites for hydroxylation is 2. The highest BCUT2D eigenvalue weighted by Crippen LogP contribution is 2.33. The molecule has 192 valence electrons. The van der Waals surface area contributed by atoms with Crippen LogP contribution in [0.3, 0.4) is 0 Å². The molecule has 0 unspecified atom stereocenters. The quantitative estimate of drug-likeness (QED) is 0.188. The molecule has 0 atom stereocenters. The van der Waals surface area contributed by atoms with E-state index in [0.717, 1.165) is 44.7 Å². The summed E-state index contributed by atoms with van der Waals surface area (Å²) in [5, 5.41) is 6.24. The predicted molar refractivity (Wildman–Crippen MR) is 157 cm³/mol. The Morgan fingerprint density at radius 1 is 0.895 bits per heavy atom. The normalized spacial score (nSPS) is 10.9. The van der Waals surface area contributed by atoms with Gasteiger partial charge in [-0.05, 0) is 38.1 Å². The Balaban J connectivity index is 1.23. The fraction of sp³-hybridized carbons (Fsp3) is 0.167. The van der Waals surface area contributed by atoms with Gasteiger partial charge in [0.1, 0.15) is 5.75 Å². The van der Waals surface area contributed by atoms with Crippen molar-refractivity contribution < 1.29 is 9.53 Å². The Kier molecular flexibility index (Phi) is 7.91. The van der Waals surface area contributed by atoms with Crippen LogP contribution >= 0.6 is 23.1 Å². The van der Waals surface area contributed by atoms with Gasteiger partial charge in [-0.2, -0.15) is 0 Å². The molecule has 6 nitrogen and oxygen atoms in total. The van der Waals surface area contributed by atoms with Crippen LogP contribution in [-0.2, 0) is 4.79 Å². The molecule has 3 aromatic carbocycles. The molecule has 2 N–H and O–H groups in total. The van der Waals surface area contributed by atoms with Gasteiger partial charge in [-0.3, -0.25) is 4.79 Å². The molecule has 0 saturated carbocycles. The summed E-state index contributed by atoms with van der Waals surface area (Å²) in [7, 11) is 1.64. The summed E-state index contributed by atoms with van der Waals surface area (Å²) in [5.74, 6) is 1.32. The molecular formula is C30H28N4O2S2. The lowest BCUT2D eigenvalue weighted by molar-refractivity contribution is -0.115. The highest BCUT2D eigenvalue weighted by atomic mass is 32.2. The minimum atomic E-state index is -0.0720. The van der Waals surface area contributed by atoms with E-state index in [2.05, 4.69) is 77.7 Å². The number of nitrogens with one attached hydrogen (secondary N) is 2. The number of H-pyrrole nitrogens is 1. The number of aromatic amines is 1. The third kappa shape index (κ3) is 6.15. The molecule has 0 fully saturated rings. The highest BCUT2D eigenvalue weighted by Gasteiger charge is 2.15. The van der Waals surface area contributed by atoms with Gasteiger partial charge >= 0.3 is 0 Å². The van der Waals surface area contributed by atoms with E-state index in [1.54, 1.807) is 7.11 Å². The van der Waals surface area contributed by atoms with E-state index in [0.29, 0.717) is 17.3 Å². The number of carbonyl (C=O) groups is 1. The van der Waals surface area contributed by atoms with Crippen LogP contribution in [0.2, 0.25) is 0 Å². The maximum atomic E-state index is 12.6. The molecule has 38 heavy (non-hydrogen) atoms. The summed E-state index contributed by atoms with van der Waals surface area (Å²) in [6.45, 7) is 4.16. The van der Waals surface area contributed by atoms with Crippen molar-refractivity contribution in [2.75, 3.05) is 18.2 Å². The lowest BCUT2D eigenvalue weighted by Crippen LogP contribution is -2.12. The van der Waals surface area contributed by atoms with Crippen LogP contribution in [0.15, 0.2) is 83.3 Å². The highest BCUT2D eigenvalue weighted by molar-refractivity contribution is 7.99. The standard InChI is InChI=1S/C30H28N4O2S2/c1-19-4-8-22(9-5-19)27-28(23-10-6-20(2)7-11-23)34-30(33-27)37-17-16-26(35)32-29-31-25(18-38-29)21-12-14-24(36-3)15-13-21/h4-15,18H,16-17H2,1-3H3,(H,33,34)(H,31,32,35). The molecule has 0 aliphatic carbocycles. The van der Waals surface area contributed by atoms with Crippen molar-refractivity contribution in [1.82, 2.24) is 15.0 Å². The molecule has 0 spiro atoms. The number of rotatable bonds is 9. The number of methoxy groups -OCH3 is 1. The first-order valence-corrected chi connectivity index (χ1v) is 14.1. The summed E-state index contributed by atoms with van der Waals surface area (Å²) < 4.78 is 5.21. The molecule has 8 heteroatoms. The van der Waals surface area contributed by atoms with Gasteiger partial charge in [-0.25, -0.2) is 9.97 Å². The molecule has 5 aromatic rings. The Labute approximate surface area is 230 Å². The van der Waals surface area contributed by atoms with E-state index < -0.39 is 0 Å². The summed E-state index contributed by atoms with van der Waals surface area (Å²) in [6, 6.07) is 24.5. The van der Waals surface area contributed by atoms with Gasteiger partial charge < -0.3 is 15.0 Å². The maximum absolute atomic E-state index is 12.6. The van der Waals surface area contributed by atoms with Gasteiger partial charge in [0.2, 0.25) is 5.91 Å². The van der Waals surface area contributed by atoms with Crippen molar-refractivity contribution in [2.24, 2.45) is 0 Å². The zero-order valence-corrected chi connectivity index (χ0v) is 23.1. The van der Waals surface area contributed by atoms with Crippen LogP contribution in [0.5, 0.6) is 5.75 Å². The van der Waals surface area contributed by atoms with Gasteiger partial charge in [0.05, 0.1) is 24.2 Å². The van der Waals surface area contributed by atoms with E-state index in [4.69, 9.17) is 9.72 Å². The first-order chi connectivity index (χ1) is 18.5. The summed E-state index contributed by atoms with van der Waals surface area (Å²) in [5.41, 5.74) is 8.25. The van der Waals surface area contributed by atoms with Crippen molar-refractivity contribution in [3.63, 3.8) is 0 Å². The second-order valence-corrected chi connectivity index (χ2v) is 10.9. The average molecular weight is 541 g/mol. The second kappa shape index (κ2) is 11.7. The molecular weight excluding hydrogens is 512 g/mol. The Morgan fingerprint density at radius 2 is 1.53 bits per heavy atom. The molecule has 0 bridgehead atoms. The van der Waals surface area contributed by atoms with Crippen LogP contribution in [0.1, 0.15) is 17.5 Å². The SMILES string of the molecule is COc1ccc(-c2csc(NC(=O)CCSc3nc(-c4ccc(C)cc4)c(-c4ccc(C)cc4)[nH]3)n2)cc1. The Hall–Kier alpha value is -3.88. The number of amides is 1. The van der Waals surface area contributed by atoms with E-state index in [1.807, 2.05) is 29.6 Å². The number of thiazole rings is 1. The number of benzene rings is 3. The van der Waals surface area contributed by atoms with E-state index in [-0.39, 0.29) is 5.91 Å². The van der Waals surface area contributed by atoms with Crippen LogP contribution in [0, 0.1) is 13.8 Å². The van der Waals surface area contributed by atoms with Crippen molar-refractivity contribution in [3.8, 4) is 39.5 Å². The minimum absolute atomic E-state index is 0.0720. The number of hydrogen-bond donors (Lipinski definition) is 2. The van der Waals surface area contributed by atoms with Crippen molar-refractivity contribution >= 4 is 34.1 Å². The Morgan fingerprint density at radius 3 is 2.18 bits per heavy atom. The van der Waals surface area contributed by atoms with Crippen LogP contribution in [0.4, 0.5) is 5.13 Å². The van der Waals surface area contributed by atoms with Gasteiger partial charge in [0.25, 0.3) is 0 Å². The third-order valence-corrected chi connectivity index (χ3v) is 7.68. The number of ether oxygens (including phenoxy) is 1. The second-order valence-electron chi connectivity index (χ2n) is 8.91. The number of anilines is 1. The topological polar surface area (TPSA) is 79.9 Å². The lowest BCUT2D eigenvalue weighted by Gasteiger charge is -2.04. The number of thioether (sulfide) groups is 1. The van der Waals surface area contributed by atoms with E-state index in [9.17, 15) is 4.79 Å². The molecule has 0 saturated heterocycles. The Bertz CT molecular complexity index is 1460. The van der Waals surface area contributed by atoms with Crippen LogP contribution < -0.4 is 10.1 Å². The van der Waals surface area contributed by atoms with Gasteiger partial charge in [-0.15, -0.1) is 11.3 Å². The van der Waals surface area contributed by atoms with Crippen LogP contribution in [-0.4, -0.2) is 33.7 Å². The van der Waals surface area contributed by atoms with Gasteiger partial charge in [0.15, 0.2) is 10.3 Å². The minimum Gasteiger partial charge on any atom is -0.497 e. The molecule has 1 amide bonds. The molecule has 0 radical (unpaired) electrons. The summed E-state index contributed by atoms with van der Waals surface area (Å²) >= 11 is 2.95. The van der Waals surface area contributed by atoms with Gasteiger partial charge in [0, 0.05) is 34.2 Å². The molecule has 0 aliphatic heterocycles. The number of aromatic nitrogens is 3. The maximum Gasteiger partial charge on any atom is 0.226 e. The van der Waals surface area contributed by atoms with Crippen molar-refractivity contribution in [1.29, 1.82) is 0 Å². The molecule has 2 aromatic heterocycles. The number of nitrogens with zero attached hydrogens (tertiary/aromatic N) is 2. The number of carbonyl (C=O) groups excluding carboxylic acids is 1. The monoisotopic (exact) mass is 540 g/mol. The lowest BCUT2D eigenvalue weighted by atomic mass is 10.0. The third-order valence-electron chi connectivity index (χ3n) is 6.05. The zero-order chi connectivity index (χ0) is 26.5. The molecule has 5 rings (SSSR count). The van der Waals surface area contributed by atoms with Gasteiger partial charge in [-0.1, -0.05) is 71.4 Å². The fourth-order valence-corrected chi connectivity index (χ4v) is 5.46. The smallest absolute Gasteiger partial charge is 0.226 e. The first-order valence-electron chi connectivity index (χ1n) is 12.2. The first kappa shape index (κ1) is 25.8. The van der Waals surface area contributed by atoms with E-state index >= 15 is 0 Å². The zero-order valence-electron chi connectivity index (χ0n) is 21.4.